The highest BCUT2D eigenvalue weighted by Gasteiger charge is 2.27. The van der Waals surface area contributed by atoms with Gasteiger partial charge in [0, 0.05) is 29.3 Å². The first kappa shape index (κ1) is 23.3. The van der Waals surface area contributed by atoms with E-state index in [1.54, 1.807) is 7.05 Å². The van der Waals surface area contributed by atoms with Crippen molar-refractivity contribution in [2.24, 2.45) is 4.36 Å². The summed E-state index contributed by atoms with van der Waals surface area (Å²) in [6.45, 7) is -1.54. The van der Waals surface area contributed by atoms with Crippen LogP contribution in [0.1, 0.15) is 10.4 Å². The molecule has 0 saturated heterocycles. The Morgan fingerprint density at radius 2 is 1.81 bits per heavy atom. The third kappa shape index (κ3) is 5.25. The summed E-state index contributed by atoms with van der Waals surface area (Å²) in [6.07, 6.45) is -3.49. The fourth-order valence-electron chi connectivity index (χ4n) is 2.91. The van der Waals surface area contributed by atoms with Gasteiger partial charge in [-0.1, -0.05) is 0 Å². The molecule has 0 radical (unpaired) electrons. The fourth-order valence-corrected chi connectivity index (χ4v) is 4.09. The fraction of sp³-hybridized carbons (Fsp3) is 0.200. The van der Waals surface area contributed by atoms with E-state index in [1.165, 1.54) is 42.5 Å². The molecular weight excluding hydrogens is 452 g/mol. The van der Waals surface area contributed by atoms with E-state index < -0.39 is 39.7 Å². The van der Waals surface area contributed by atoms with Crippen molar-refractivity contribution < 1.29 is 26.6 Å². The standard InChI is InChI=1S/C20H18F4N4O3S/c1-25-16-9-12(21)7-11-8-15(19(30)28-17(11)16)18(29)27-13-3-5-14(6-4-13)32(2,31)26-10-20(22,23)24/h3-9,25H,10H2,1-2H3,(H,27,29)(H,28,30). The van der Waals surface area contributed by atoms with Gasteiger partial charge in [0.1, 0.15) is 17.9 Å². The number of pyridine rings is 1. The zero-order valence-corrected chi connectivity index (χ0v) is 17.7. The monoisotopic (exact) mass is 470 g/mol. The van der Waals surface area contributed by atoms with Crippen molar-refractivity contribution in [2.75, 3.05) is 30.5 Å². The molecule has 3 rings (SSSR count). The van der Waals surface area contributed by atoms with E-state index in [0.717, 1.165) is 6.26 Å². The number of anilines is 2. The molecule has 1 aromatic heterocycles. The van der Waals surface area contributed by atoms with Crippen LogP contribution in [0, 0.1) is 5.82 Å². The van der Waals surface area contributed by atoms with Gasteiger partial charge in [-0.25, -0.2) is 13.0 Å². The number of aromatic amines is 1. The van der Waals surface area contributed by atoms with Crippen LogP contribution >= 0.6 is 0 Å². The molecule has 0 aliphatic heterocycles. The van der Waals surface area contributed by atoms with Crippen LogP contribution in [0.2, 0.25) is 0 Å². The topological polar surface area (TPSA) is 103 Å². The summed E-state index contributed by atoms with van der Waals surface area (Å²) >= 11 is 0. The van der Waals surface area contributed by atoms with Gasteiger partial charge in [-0.2, -0.15) is 13.2 Å². The number of carbonyl (C=O) groups excluding carboxylic acids is 1. The molecule has 0 bridgehead atoms. The van der Waals surface area contributed by atoms with Crippen molar-refractivity contribution in [3.63, 3.8) is 0 Å². The first-order valence-electron chi connectivity index (χ1n) is 9.10. The van der Waals surface area contributed by atoms with Gasteiger partial charge in [0.2, 0.25) is 0 Å². The van der Waals surface area contributed by atoms with Crippen LogP contribution < -0.4 is 16.2 Å². The van der Waals surface area contributed by atoms with Crippen LogP contribution in [0.5, 0.6) is 0 Å². The lowest BCUT2D eigenvalue weighted by atomic mass is 10.1. The van der Waals surface area contributed by atoms with E-state index in [4.69, 9.17) is 0 Å². The number of H-pyrrole nitrogens is 1. The quantitative estimate of drug-likeness (QED) is 0.491. The first-order chi connectivity index (χ1) is 14.9. The number of halogens is 4. The Bertz CT molecular complexity index is 1360. The van der Waals surface area contributed by atoms with E-state index >= 15 is 0 Å². The predicted octanol–water partition coefficient (Wildman–Crippen LogP) is 3.98. The Hall–Kier alpha value is -3.41. The maximum absolute atomic E-state index is 13.8. The smallest absolute Gasteiger partial charge is 0.386 e. The van der Waals surface area contributed by atoms with E-state index in [1.807, 2.05) is 0 Å². The molecule has 3 N–H and O–H groups in total. The number of carbonyl (C=O) groups is 1. The van der Waals surface area contributed by atoms with Crippen molar-refractivity contribution in [3.8, 4) is 0 Å². The number of rotatable bonds is 5. The Balaban J connectivity index is 1.86. The minimum absolute atomic E-state index is 0.0540. The van der Waals surface area contributed by atoms with Crippen LogP contribution in [0.25, 0.3) is 10.9 Å². The average molecular weight is 470 g/mol. The molecule has 12 heteroatoms. The number of hydrogen-bond acceptors (Lipinski definition) is 5. The molecule has 1 unspecified atom stereocenters. The minimum atomic E-state index is -4.57. The molecule has 1 atom stereocenters. The van der Waals surface area contributed by atoms with Gasteiger partial charge in [0.25, 0.3) is 11.5 Å². The highest BCUT2D eigenvalue weighted by molar-refractivity contribution is 7.93. The van der Waals surface area contributed by atoms with E-state index in [-0.39, 0.29) is 16.1 Å². The normalized spacial score (nSPS) is 13.4. The van der Waals surface area contributed by atoms with Crippen molar-refractivity contribution in [1.29, 1.82) is 0 Å². The van der Waals surface area contributed by atoms with Gasteiger partial charge in [-0.05, 0) is 42.5 Å². The third-order valence-electron chi connectivity index (χ3n) is 4.47. The average Bonchev–Trinajstić information content (AvgIpc) is 2.71. The molecule has 1 amide bonds. The highest BCUT2D eigenvalue weighted by atomic mass is 32.2. The second-order valence-corrected chi connectivity index (χ2v) is 9.20. The Kier molecular flexibility index (Phi) is 6.26. The highest BCUT2D eigenvalue weighted by Crippen LogP contribution is 2.23. The molecule has 3 aromatic rings. The lowest BCUT2D eigenvalue weighted by molar-refractivity contribution is -0.117. The lowest BCUT2D eigenvalue weighted by Gasteiger charge is -2.10. The van der Waals surface area contributed by atoms with E-state index in [2.05, 4.69) is 20.0 Å². The van der Waals surface area contributed by atoms with Crippen molar-refractivity contribution in [1.82, 2.24) is 4.98 Å². The van der Waals surface area contributed by atoms with Gasteiger partial charge >= 0.3 is 6.18 Å². The first-order valence-corrected chi connectivity index (χ1v) is 11.0. The van der Waals surface area contributed by atoms with Gasteiger partial charge in [0.15, 0.2) is 0 Å². The summed E-state index contributed by atoms with van der Waals surface area (Å²) in [6, 6.07) is 8.82. The molecule has 1 heterocycles. The Morgan fingerprint density at radius 1 is 1.16 bits per heavy atom. The summed E-state index contributed by atoms with van der Waals surface area (Å²) in [5, 5.41) is 5.52. The molecule has 0 spiro atoms. The number of alkyl halides is 3. The van der Waals surface area contributed by atoms with Crippen molar-refractivity contribution in [2.45, 2.75) is 11.1 Å². The van der Waals surface area contributed by atoms with Crippen LogP contribution in [0.15, 0.2) is 56.5 Å². The maximum Gasteiger partial charge on any atom is 0.408 e. The zero-order chi connectivity index (χ0) is 23.7. The van der Waals surface area contributed by atoms with Crippen LogP contribution in [0.3, 0.4) is 0 Å². The summed E-state index contributed by atoms with van der Waals surface area (Å²) in [5.74, 6) is -1.34. The SMILES string of the molecule is CNc1cc(F)cc2cc(C(=O)Nc3ccc(S(C)(=O)=NCC(F)(F)F)cc3)c(=O)[nH]c12. The lowest BCUT2D eigenvalue weighted by Crippen LogP contribution is -2.23. The Morgan fingerprint density at radius 3 is 2.41 bits per heavy atom. The van der Waals surface area contributed by atoms with Gasteiger partial charge < -0.3 is 15.6 Å². The maximum atomic E-state index is 13.8. The summed E-state index contributed by atoms with van der Waals surface area (Å²) < 4.78 is 66.5. The second kappa shape index (κ2) is 8.61. The molecule has 2 aromatic carbocycles. The summed E-state index contributed by atoms with van der Waals surface area (Å²) in [5.41, 5.74) is -0.0794. The summed E-state index contributed by atoms with van der Waals surface area (Å²) in [4.78, 5) is 27.5. The van der Waals surface area contributed by atoms with Gasteiger partial charge in [0.05, 0.1) is 20.9 Å². The molecular formula is C20H18F4N4O3S. The molecule has 7 nitrogen and oxygen atoms in total. The number of nitrogens with zero attached hydrogens (tertiary/aromatic N) is 1. The molecule has 0 saturated carbocycles. The number of nitrogens with one attached hydrogen (secondary N) is 3. The zero-order valence-electron chi connectivity index (χ0n) is 16.8. The van der Waals surface area contributed by atoms with Gasteiger partial charge in [-0.15, -0.1) is 0 Å². The van der Waals surface area contributed by atoms with Crippen LogP contribution in [-0.4, -0.2) is 41.1 Å². The van der Waals surface area contributed by atoms with Crippen molar-refractivity contribution >= 4 is 37.9 Å². The van der Waals surface area contributed by atoms with E-state index in [9.17, 15) is 31.4 Å². The van der Waals surface area contributed by atoms with Crippen LogP contribution in [-0.2, 0) is 9.73 Å². The number of fused-ring (bicyclic) bond motifs is 1. The molecule has 0 aliphatic carbocycles. The second-order valence-electron chi connectivity index (χ2n) is 6.86. The van der Waals surface area contributed by atoms with Gasteiger partial charge in [-0.3, -0.25) is 9.59 Å². The Labute approximate surface area is 180 Å². The van der Waals surface area contributed by atoms with E-state index in [0.29, 0.717) is 16.6 Å². The molecule has 32 heavy (non-hydrogen) atoms. The van der Waals surface area contributed by atoms with Crippen LogP contribution in [0.4, 0.5) is 28.9 Å². The largest absolute Gasteiger partial charge is 0.408 e. The number of aromatic nitrogens is 1. The molecule has 170 valence electrons. The third-order valence-corrected chi connectivity index (χ3v) is 6.24. The number of amides is 1. The number of benzene rings is 2. The van der Waals surface area contributed by atoms with Crippen molar-refractivity contribution in [3.05, 3.63) is 64.2 Å². The predicted molar refractivity (Wildman–Crippen MR) is 114 cm³/mol. The minimum Gasteiger partial charge on any atom is -0.386 e. The number of hydrogen-bond donors (Lipinski definition) is 3. The summed E-state index contributed by atoms with van der Waals surface area (Å²) in [7, 11) is -1.73. The molecule has 0 aliphatic rings. The molecule has 0 fully saturated rings.